The Bertz CT molecular complexity index is 509. The molecule has 0 aromatic heterocycles. The summed E-state index contributed by atoms with van der Waals surface area (Å²) >= 11 is 3.26. The monoisotopic (exact) mass is 305 g/mol. The van der Waals surface area contributed by atoms with Gasteiger partial charge in [-0.25, -0.2) is 8.42 Å². The molecule has 1 saturated heterocycles. The van der Waals surface area contributed by atoms with Crippen molar-refractivity contribution in [3.8, 4) is 0 Å². The first-order valence-electron chi connectivity index (χ1n) is 4.85. The second kappa shape index (κ2) is 4.10. The Balaban J connectivity index is 2.40. The van der Waals surface area contributed by atoms with Gasteiger partial charge < -0.3 is 5.11 Å². The highest BCUT2D eigenvalue weighted by atomic mass is 79.9. The Morgan fingerprint density at radius 1 is 1.44 bits per heavy atom. The van der Waals surface area contributed by atoms with Gasteiger partial charge in [0.25, 0.3) is 0 Å². The number of aliphatic hydroxyl groups is 1. The minimum Gasteiger partial charge on any atom is -0.390 e. The van der Waals surface area contributed by atoms with Gasteiger partial charge in [-0.1, -0.05) is 22.0 Å². The normalized spacial score (nSPS) is 18.4. The van der Waals surface area contributed by atoms with E-state index in [1.54, 1.807) is 25.1 Å². The Hall–Kier alpha value is -0.430. The molecule has 16 heavy (non-hydrogen) atoms. The fourth-order valence-electron chi connectivity index (χ4n) is 1.60. The molecule has 1 N–H and O–H groups in total. The predicted octanol–water partition coefficient (Wildman–Crippen LogP) is 1.12. The molecule has 1 aromatic carbocycles. The summed E-state index contributed by atoms with van der Waals surface area (Å²) in [4.78, 5) is 0.300. The van der Waals surface area contributed by atoms with Crippen LogP contribution in [0, 0.1) is 6.92 Å². The van der Waals surface area contributed by atoms with Crippen molar-refractivity contribution in [2.75, 3.05) is 13.1 Å². The van der Waals surface area contributed by atoms with Crippen LogP contribution in [-0.2, 0) is 10.0 Å². The highest BCUT2D eigenvalue weighted by Gasteiger charge is 2.36. The summed E-state index contributed by atoms with van der Waals surface area (Å²) in [5.74, 6) is 0. The summed E-state index contributed by atoms with van der Waals surface area (Å²) in [5, 5.41) is 9.14. The lowest BCUT2D eigenvalue weighted by Crippen LogP contribution is -2.53. The number of aliphatic hydroxyl groups excluding tert-OH is 1. The van der Waals surface area contributed by atoms with Crippen LogP contribution in [0.3, 0.4) is 0 Å². The summed E-state index contributed by atoms with van der Waals surface area (Å²) in [6, 6.07) is 5.15. The van der Waals surface area contributed by atoms with Crippen LogP contribution in [0.15, 0.2) is 27.6 Å². The van der Waals surface area contributed by atoms with Crippen molar-refractivity contribution in [2.24, 2.45) is 0 Å². The van der Waals surface area contributed by atoms with Crippen molar-refractivity contribution in [3.63, 3.8) is 0 Å². The molecule has 6 heteroatoms. The average Bonchev–Trinajstić information content (AvgIpc) is 2.16. The SMILES string of the molecule is Cc1ccc(Br)cc1S(=O)(=O)N1CC(O)C1. The smallest absolute Gasteiger partial charge is 0.243 e. The van der Waals surface area contributed by atoms with Crippen LogP contribution in [0.5, 0.6) is 0 Å². The number of nitrogens with zero attached hydrogens (tertiary/aromatic N) is 1. The van der Waals surface area contributed by atoms with Gasteiger partial charge in [-0.2, -0.15) is 4.31 Å². The third kappa shape index (κ3) is 2.02. The first-order chi connectivity index (χ1) is 7.41. The van der Waals surface area contributed by atoms with E-state index in [1.807, 2.05) is 0 Å². The van der Waals surface area contributed by atoms with E-state index in [-0.39, 0.29) is 13.1 Å². The van der Waals surface area contributed by atoms with E-state index in [0.717, 1.165) is 4.47 Å². The van der Waals surface area contributed by atoms with Crippen LogP contribution in [0.25, 0.3) is 0 Å². The third-order valence-electron chi connectivity index (χ3n) is 2.60. The van der Waals surface area contributed by atoms with Gasteiger partial charge >= 0.3 is 0 Å². The van der Waals surface area contributed by atoms with E-state index in [0.29, 0.717) is 10.5 Å². The molecule has 1 aliphatic rings. The molecule has 0 radical (unpaired) electrons. The number of β-amino-alcohol motifs (C(OH)–C–C–N with tert-alkyl or cyclic N) is 1. The van der Waals surface area contributed by atoms with Crippen molar-refractivity contribution >= 4 is 26.0 Å². The topological polar surface area (TPSA) is 57.6 Å². The number of aryl methyl sites for hydroxylation is 1. The molecule has 4 nitrogen and oxygen atoms in total. The fourth-order valence-corrected chi connectivity index (χ4v) is 3.88. The molecule has 0 spiro atoms. The zero-order valence-electron chi connectivity index (χ0n) is 8.72. The number of benzene rings is 1. The van der Waals surface area contributed by atoms with Crippen molar-refractivity contribution in [1.82, 2.24) is 4.31 Å². The average molecular weight is 306 g/mol. The molecule has 2 rings (SSSR count). The summed E-state index contributed by atoms with van der Waals surface area (Å²) in [6.07, 6.45) is -0.526. The van der Waals surface area contributed by atoms with Gasteiger partial charge in [0.05, 0.1) is 11.0 Å². The van der Waals surface area contributed by atoms with Crippen LogP contribution >= 0.6 is 15.9 Å². The lowest BCUT2D eigenvalue weighted by atomic mass is 10.2. The second-order valence-electron chi connectivity index (χ2n) is 3.89. The molecule has 1 aromatic rings. The minimum atomic E-state index is -3.44. The minimum absolute atomic E-state index is 0.189. The summed E-state index contributed by atoms with van der Waals surface area (Å²) < 4.78 is 26.3. The van der Waals surface area contributed by atoms with Crippen LogP contribution in [0.4, 0.5) is 0 Å². The van der Waals surface area contributed by atoms with Crippen LogP contribution in [0.2, 0.25) is 0 Å². The largest absolute Gasteiger partial charge is 0.390 e. The molecular weight excluding hydrogens is 294 g/mol. The highest BCUT2D eigenvalue weighted by molar-refractivity contribution is 9.10. The van der Waals surface area contributed by atoms with E-state index in [2.05, 4.69) is 15.9 Å². The predicted molar refractivity (Wildman–Crippen MR) is 63.6 cm³/mol. The van der Waals surface area contributed by atoms with Gasteiger partial charge in [-0.05, 0) is 24.6 Å². The van der Waals surface area contributed by atoms with Crippen LogP contribution < -0.4 is 0 Å². The molecule has 1 aliphatic heterocycles. The molecule has 0 bridgehead atoms. The standard InChI is InChI=1S/C10H12BrNO3S/c1-7-2-3-8(11)4-10(7)16(14,15)12-5-9(13)6-12/h2-4,9,13H,5-6H2,1H3. The number of hydrogen-bond acceptors (Lipinski definition) is 3. The van der Waals surface area contributed by atoms with Crippen molar-refractivity contribution in [2.45, 2.75) is 17.9 Å². The van der Waals surface area contributed by atoms with Gasteiger partial charge in [-0.15, -0.1) is 0 Å². The quantitative estimate of drug-likeness (QED) is 0.891. The summed E-state index contributed by atoms with van der Waals surface area (Å²) in [6.45, 7) is 2.14. The number of halogens is 1. The number of hydrogen-bond donors (Lipinski definition) is 1. The summed E-state index contributed by atoms with van der Waals surface area (Å²) in [5.41, 5.74) is 0.713. The Morgan fingerprint density at radius 2 is 2.06 bits per heavy atom. The van der Waals surface area contributed by atoms with Crippen molar-refractivity contribution < 1.29 is 13.5 Å². The summed E-state index contributed by atoms with van der Waals surface area (Å²) in [7, 11) is -3.44. The highest BCUT2D eigenvalue weighted by Crippen LogP contribution is 2.26. The van der Waals surface area contributed by atoms with Crippen molar-refractivity contribution in [1.29, 1.82) is 0 Å². The first-order valence-corrected chi connectivity index (χ1v) is 7.09. The van der Waals surface area contributed by atoms with Gasteiger partial charge in [0.2, 0.25) is 10.0 Å². The lowest BCUT2D eigenvalue weighted by molar-refractivity contribution is 0.0547. The molecule has 1 fully saturated rings. The molecular formula is C10H12BrNO3S. The molecule has 0 unspecified atom stereocenters. The Kier molecular flexibility index (Phi) is 3.09. The molecule has 0 saturated carbocycles. The zero-order valence-corrected chi connectivity index (χ0v) is 11.1. The van der Waals surface area contributed by atoms with Crippen LogP contribution in [-0.4, -0.2) is 37.0 Å². The maximum atomic E-state index is 12.1. The molecule has 88 valence electrons. The van der Waals surface area contributed by atoms with Gasteiger partial charge in [-0.3, -0.25) is 0 Å². The van der Waals surface area contributed by atoms with E-state index in [9.17, 15) is 8.42 Å². The number of rotatable bonds is 2. The van der Waals surface area contributed by atoms with E-state index in [1.165, 1.54) is 4.31 Å². The third-order valence-corrected chi connectivity index (χ3v) is 5.06. The van der Waals surface area contributed by atoms with E-state index >= 15 is 0 Å². The van der Waals surface area contributed by atoms with E-state index < -0.39 is 16.1 Å². The van der Waals surface area contributed by atoms with Gasteiger partial charge in [0, 0.05) is 17.6 Å². The Morgan fingerprint density at radius 3 is 2.62 bits per heavy atom. The number of sulfonamides is 1. The molecule has 0 aliphatic carbocycles. The first kappa shape index (κ1) is 12.0. The second-order valence-corrected chi connectivity index (χ2v) is 6.71. The molecule has 0 amide bonds. The molecule has 1 heterocycles. The lowest BCUT2D eigenvalue weighted by Gasteiger charge is -2.34. The van der Waals surface area contributed by atoms with Gasteiger partial charge in [0.1, 0.15) is 0 Å². The fraction of sp³-hybridized carbons (Fsp3) is 0.400. The Labute approximate surface area is 103 Å². The van der Waals surface area contributed by atoms with Crippen molar-refractivity contribution in [3.05, 3.63) is 28.2 Å². The molecule has 0 atom stereocenters. The maximum absolute atomic E-state index is 12.1. The van der Waals surface area contributed by atoms with Gasteiger partial charge in [0.15, 0.2) is 0 Å². The van der Waals surface area contributed by atoms with E-state index in [4.69, 9.17) is 5.11 Å². The van der Waals surface area contributed by atoms with Crippen LogP contribution in [0.1, 0.15) is 5.56 Å². The zero-order chi connectivity index (χ0) is 11.9. The maximum Gasteiger partial charge on any atom is 0.243 e.